The third-order valence-electron chi connectivity index (χ3n) is 2.33. The molecule has 4 nitrogen and oxygen atoms in total. The van der Waals surface area contributed by atoms with E-state index in [9.17, 15) is 15.0 Å². The fraction of sp³-hybridized carbons (Fsp3) is 0.417. The summed E-state index contributed by atoms with van der Waals surface area (Å²) in [5.41, 5.74) is 0.475. The van der Waals surface area contributed by atoms with Gasteiger partial charge in [-0.25, -0.2) is 0 Å². The van der Waals surface area contributed by atoms with E-state index < -0.39 is 18.2 Å². The van der Waals surface area contributed by atoms with Crippen LogP contribution >= 0.6 is 27.5 Å². The maximum absolute atomic E-state index is 11.2. The van der Waals surface area contributed by atoms with Gasteiger partial charge in [0.1, 0.15) is 6.10 Å². The number of carbonyl (C=O) groups is 1. The van der Waals surface area contributed by atoms with Crippen molar-refractivity contribution in [3.63, 3.8) is 0 Å². The lowest BCUT2D eigenvalue weighted by Gasteiger charge is -2.17. The lowest BCUT2D eigenvalue weighted by Crippen LogP contribution is -2.23. The molecule has 0 heterocycles. The quantitative estimate of drug-likeness (QED) is 0.810. The molecule has 2 unspecified atom stereocenters. The molecule has 6 heteroatoms. The number of ether oxygens (including phenoxy) is 1. The average molecular weight is 338 g/mol. The largest absolute Gasteiger partial charge is 0.466 e. The Morgan fingerprint density at radius 2 is 2.17 bits per heavy atom. The summed E-state index contributed by atoms with van der Waals surface area (Å²) >= 11 is 9.05. The van der Waals surface area contributed by atoms with Crippen LogP contribution in [0.4, 0.5) is 0 Å². The fourth-order valence-electron chi connectivity index (χ4n) is 1.42. The monoisotopic (exact) mass is 336 g/mol. The Bertz CT molecular complexity index is 425. The number of aliphatic hydroxyl groups is 2. The number of aliphatic hydroxyl groups excluding tert-OH is 2. The molecule has 0 spiro atoms. The first-order valence-corrected chi connectivity index (χ1v) is 6.59. The SMILES string of the molecule is CCOC(=O)CC(O)C(O)c1ccc(Cl)c(Br)c1. The van der Waals surface area contributed by atoms with Crippen LogP contribution in [0.25, 0.3) is 0 Å². The van der Waals surface area contributed by atoms with Gasteiger partial charge in [-0.05, 0) is 40.5 Å². The smallest absolute Gasteiger partial charge is 0.308 e. The van der Waals surface area contributed by atoms with Crippen molar-refractivity contribution in [3.8, 4) is 0 Å². The van der Waals surface area contributed by atoms with Crippen molar-refractivity contribution in [1.82, 2.24) is 0 Å². The maximum atomic E-state index is 11.2. The standard InChI is InChI=1S/C12H14BrClO4/c1-2-18-11(16)6-10(15)12(17)7-3-4-9(14)8(13)5-7/h3-5,10,12,15,17H,2,6H2,1H3. The molecule has 0 saturated heterocycles. The predicted molar refractivity (Wildman–Crippen MR) is 71.4 cm³/mol. The molecular weight excluding hydrogens is 323 g/mol. The van der Waals surface area contributed by atoms with E-state index in [2.05, 4.69) is 15.9 Å². The number of carbonyl (C=O) groups excluding carboxylic acids is 1. The second kappa shape index (κ2) is 7.09. The van der Waals surface area contributed by atoms with Gasteiger partial charge in [-0.1, -0.05) is 17.7 Å². The second-order valence-corrected chi connectivity index (χ2v) is 4.96. The van der Waals surface area contributed by atoms with Crippen molar-refractivity contribution in [3.05, 3.63) is 33.3 Å². The van der Waals surface area contributed by atoms with E-state index in [0.717, 1.165) is 0 Å². The highest BCUT2D eigenvalue weighted by molar-refractivity contribution is 9.10. The maximum Gasteiger partial charge on any atom is 0.308 e. The minimum Gasteiger partial charge on any atom is -0.466 e. The van der Waals surface area contributed by atoms with Crippen LogP contribution in [0.3, 0.4) is 0 Å². The molecule has 0 aliphatic heterocycles. The molecule has 0 aliphatic carbocycles. The van der Waals surface area contributed by atoms with E-state index in [-0.39, 0.29) is 13.0 Å². The van der Waals surface area contributed by atoms with E-state index >= 15 is 0 Å². The van der Waals surface area contributed by atoms with Crippen LogP contribution in [-0.2, 0) is 9.53 Å². The number of benzene rings is 1. The van der Waals surface area contributed by atoms with Gasteiger partial charge in [0.25, 0.3) is 0 Å². The van der Waals surface area contributed by atoms with Crippen molar-refractivity contribution >= 4 is 33.5 Å². The van der Waals surface area contributed by atoms with Crippen LogP contribution < -0.4 is 0 Å². The van der Waals surface area contributed by atoms with Crippen LogP contribution in [0.15, 0.2) is 22.7 Å². The zero-order chi connectivity index (χ0) is 13.7. The van der Waals surface area contributed by atoms with Crippen molar-refractivity contribution in [2.24, 2.45) is 0 Å². The Balaban J connectivity index is 2.70. The average Bonchev–Trinajstić information content (AvgIpc) is 2.32. The molecule has 2 N–H and O–H groups in total. The Hall–Kier alpha value is -0.620. The normalized spacial score (nSPS) is 14.1. The topological polar surface area (TPSA) is 66.8 Å². The summed E-state index contributed by atoms with van der Waals surface area (Å²) < 4.78 is 5.32. The molecule has 0 fully saturated rings. The molecule has 100 valence electrons. The van der Waals surface area contributed by atoms with E-state index in [1.165, 1.54) is 0 Å². The number of hydrogen-bond acceptors (Lipinski definition) is 4. The highest BCUT2D eigenvalue weighted by atomic mass is 79.9. The Kier molecular flexibility index (Phi) is 6.08. The molecular formula is C12H14BrClO4. The number of halogens is 2. The molecule has 18 heavy (non-hydrogen) atoms. The van der Waals surface area contributed by atoms with Crippen LogP contribution in [0.2, 0.25) is 5.02 Å². The van der Waals surface area contributed by atoms with E-state index in [1.54, 1.807) is 25.1 Å². The van der Waals surface area contributed by atoms with E-state index in [4.69, 9.17) is 16.3 Å². The lowest BCUT2D eigenvalue weighted by atomic mass is 10.0. The first-order valence-electron chi connectivity index (χ1n) is 5.42. The molecule has 0 saturated carbocycles. The Morgan fingerprint density at radius 3 is 2.72 bits per heavy atom. The van der Waals surface area contributed by atoms with Crippen molar-refractivity contribution in [1.29, 1.82) is 0 Å². The predicted octanol–water partition coefficient (Wildman–Crippen LogP) is 2.45. The minimum absolute atomic E-state index is 0.244. The second-order valence-electron chi connectivity index (χ2n) is 3.69. The van der Waals surface area contributed by atoms with Gasteiger partial charge in [-0.3, -0.25) is 4.79 Å². The van der Waals surface area contributed by atoms with Crippen LogP contribution in [0.1, 0.15) is 25.0 Å². The zero-order valence-electron chi connectivity index (χ0n) is 9.77. The lowest BCUT2D eigenvalue weighted by molar-refractivity contribution is -0.147. The van der Waals surface area contributed by atoms with Gasteiger partial charge in [0.15, 0.2) is 0 Å². The van der Waals surface area contributed by atoms with E-state index in [1.807, 2.05) is 0 Å². The summed E-state index contributed by atoms with van der Waals surface area (Å²) in [4.78, 5) is 11.2. The summed E-state index contributed by atoms with van der Waals surface area (Å²) in [6.07, 6.45) is -2.63. The van der Waals surface area contributed by atoms with Crippen molar-refractivity contribution < 1.29 is 19.7 Å². The highest BCUT2D eigenvalue weighted by Crippen LogP contribution is 2.28. The number of rotatable bonds is 5. The summed E-state index contributed by atoms with van der Waals surface area (Å²) in [6.45, 7) is 1.92. The third kappa shape index (κ3) is 4.24. The molecule has 2 atom stereocenters. The van der Waals surface area contributed by atoms with Gasteiger partial charge < -0.3 is 14.9 Å². The first-order chi connectivity index (χ1) is 8.45. The Labute approximate surface area is 119 Å². The van der Waals surface area contributed by atoms with Gasteiger partial charge in [0.05, 0.1) is 24.2 Å². The Morgan fingerprint density at radius 1 is 1.50 bits per heavy atom. The zero-order valence-corrected chi connectivity index (χ0v) is 12.1. The summed E-state index contributed by atoms with van der Waals surface area (Å²) in [7, 11) is 0. The highest BCUT2D eigenvalue weighted by Gasteiger charge is 2.22. The van der Waals surface area contributed by atoms with Crippen LogP contribution in [-0.4, -0.2) is 28.9 Å². The summed E-state index contributed by atoms with van der Waals surface area (Å²) in [6, 6.07) is 4.79. The van der Waals surface area contributed by atoms with Gasteiger partial charge in [0, 0.05) is 4.47 Å². The molecule has 0 radical (unpaired) electrons. The van der Waals surface area contributed by atoms with Crippen molar-refractivity contribution in [2.75, 3.05) is 6.61 Å². The van der Waals surface area contributed by atoms with Gasteiger partial charge in [-0.15, -0.1) is 0 Å². The number of hydrogen-bond donors (Lipinski definition) is 2. The molecule has 0 amide bonds. The molecule has 0 aliphatic rings. The van der Waals surface area contributed by atoms with Crippen LogP contribution in [0.5, 0.6) is 0 Å². The fourth-order valence-corrected chi connectivity index (χ4v) is 1.93. The van der Waals surface area contributed by atoms with E-state index in [0.29, 0.717) is 15.1 Å². The van der Waals surface area contributed by atoms with Crippen molar-refractivity contribution in [2.45, 2.75) is 25.6 Å². The molecule has 0 aromatic heterocycles. The van der Waals surface area contributed by atoms with Crippen LogP contribution in [0, 0.1) is 0 Å². The van der Waals surface area contributed by atoms with Gasteiger partial charge in [-0.2, -0.15) is 0 Å². The molecule has 0 bridgehead atoms. The summed E-state index contributed by atoms with van der Waals surface area (Å²) in [5.74, 6) is -0.544. The summed E-state index contributed by atoms with van der Waals surface area (Å²) in [5, 5.41) is 20.1. The molecule has 1 aromatic rings. The first kappa shape index (κ1) is 15.4. The number of esters is 1. The molecule has 1 aromatic carbocycles. The minimum atomic E-state index is -1.21. The molecule has 1 rings (SSSR count). The third-order valence-corrected chi connectivity index (χ3v) is 3.54. The van der Waals surface area contributed by atoms with Gasteiger partial charge in [0.2, 0.25) is 0 Å². The van der Waals surface area contributed by atoms with Gasteiger partial charge >= 0.3 is 5.97 Å².